The molecular formula is C16H17N3O6S. The monoisotopic (exact) mass is 379 g/mol. The summed E-state index contributed by atoms with van der Waals surface area (Å²) < 4.78 is 26.7. The van der Waals surface area contributed by atoms with Crippen LogP contribution in [0.15, 0.2) is 44.9 Å². The Labute approximate surface area is 148 Å². The number of nitrogens with one attached hydrogen (secondary N) is 2. The highest BCUT2D eigenvalue weighted by Crippen LogP contribution is 2.30. The normalized spacial score (nSPS) is 18.5. The molecule has 1 aliphatic rings. The number of carboxylic acid groups (broad SMARTS) is 1. The van der Waals surface area contributed by atoms with Crippen molar-refractivity contribution in [2.75, 3.05) is 13.1 Å². The van der Waals surface area contributed by atoms with E-state index in [1.54, 1.807) is 12.1 Å². The number of H-pyrrole nitrogens is 2. The van der Waals surface area contributed by atoms with Gasteiger partial charge in [-0.25, -0.2) is 18.0 Å². The van der Waals surface area contributed by atoms with Gasteiger partial charge in [-0.3, -0.25) is 9.78 Å². The van der Waals surface area contributed by atoms with E-state index in [9.17, 15) is 22.8 Å². The number of aromatic nitrogens is 2. The molecule has 1 aliphatic heterocycles. The van der Waals surface area contributed by atoms with Crippen LogP contribution in [-0.2, 0) is 10.0 Å². The Kier molecular flexibility index (Phi) is 4.79. The summed E-state index contributed by atoms with van der Waals surface area (Å²) in [4.78, 5) is 37.7. The second kappa shape index (κ2) is 6.89. The van der Waals surface area contributed by atoms with E-state index in [-0.39, 0.29) is 24.6 Å². The minimum absolute atomic E-state index is 0.129. The van der Waals surface area contributed by atoms with Gasteiger partial charge in [-0.2, -0.15) is 4.31 Å². The van der Waals surface area contributed by atoms with Crippen molar-refractivity contribution in [1.82, 2.24) is 14.3 Å². The van der Waals surface area contributed by atoms with Crippen molar-refractivity contribution >= 4 is 16.0 Å². The SMILES string of the molecule is O=C(O)c1cccc(C2CCCN(S(=O)(=O)c3c[nH]c(=O)[nH]c3=O)C2)c1. The fraction of sp³-hybridized carbons (Fsp3) is 0.312. The Balaban J connectivity index is 1.90. The Morgan fingerprint density at radius 2 is 2.04 bits per heavy atom. The smallest absolute Gasteiger partial charge is 0.335 e. The van der Waals surface area contributed by atoms with Gasteiger partial charge in [-0.1, -0.05) is 12.1 Å². The molecule has 9 nitrogen and oxygen atoms in total. The maximum absolute atomic E-state index is 12.8. The number of rotatable bonds is 4. The second-order valence-electron chi connectivity index (χ2n) is 6.07. The zero-order chi connectivity index (χ0) is 18.9. The quantitative estimate of drug-likeness (QED) is 0.699. The Bertz CT molecular complexity index is 1060. The number of hydrogen-bond donors (Lipinski definition) is 3. The molecule has 3 N–H and O–H groups in total. The van der Waals surface area contributed by atoms with Crippen molar-refractivity contribution in [2.24, 2.45) is 0 Å². The van der Waals surface area contributed by atoms with Crippen LogP contribution >= 0.6 is 0 Å². The number of sulfonamides is 1. The molecule has 0 bridgehead atoms. The lowest BCUT2D eigenvalue weighted by Gasteiger charge is -2.32. The molecule has 26 heavy (non-hydrogen) atoms. The summed E-state index contributed by atoms with van der Waals surface area (Å²) in [7, 11) is -4.07. The van der Waals surface area contributed by atoms with Gasteiger partial charge in [0.15, 0.2) is 4.90 Å². The number of carboxylic acids is 1. The van der Waals surface area contributed by atoms with E-state index in [0.29, 0.717) is 12.8 Å². The average Bonchev–Trinajstić information content (AvgIpc) is 2.61. The van der Waals surface area contributed by atoms with Crippen LogP contribution in [-0.4, -0.2) is 46.9 Å². The van der Waals surface area contributed by atoms with E-state index in [1.165, 1.54) is 16.4 Å². The largest absolute Gasteiger partial charge is 0.478 e. The van der Waals surface area contributed by atoms with Crippen LogP contribution in [0.1, 0.15) is 34.7 Å². The summed E-state index contributed by atoms with van der Waals surface area (Å²) in [6.45, 7) is 0.375. The van der Waals surface area contributed by atoms with Crippen LogP contribution in [0.3, 0.4) is 0 Å². The predicted molar refractivity (Wildman–Crippen MR) is 91.8 cm³/mol. The van der Waals surface area contributed by atoms with Crippen LogP contribution in [0.5, 0.6) is 0 Å². The third kappa shape index (κ3) is 3.46. The Hall–Kier alpha value is -2.72. The topological polar surface area (TPSA) is 140 Å². The minimum atomic E-state index is -4.07. The van der Waals surface area contributed by atoms with Crippen LogP contribution in [0.25, 0.3) is 0 Å². The van der Waals surface area contributed by atoms with E-state index >= 15 is 0 Å². The number of hydrogen-bond acceptors (Lipinski definition) is 5. The lowest BCUT2D eigenvalue weighted by Crippen LogP contribution is -2.41. The van der Waals surface area contributed by atoms with Gasteiger partial charge < -0.3 is 10.1 Å². The van der Waals surface area contributed by atoms with Gasteiger partial charge in [0.1, 0.15) is 0 Å². The number of piperidine rings is 1. The first kappa shape index (κ1) is 18.1. The van der Waals surface area contributed by atoms with Crippen LogP contribution in [0.2, 0.25) is 0 Å². The van der Waals surface area contributed by atoms with Crippen molar-refractivity contribution in [1.29, 1.82) is 0 Å². The zero-order valence-electron chi connectivity index (χ0n) is 13.6. The van der Waals surface area contributed by atoms with Crippen LogP contribution < -0.4 is 11.2 Å². The number of aromatic amines is 2. The molecule has 0 aliphatic carbocycles. The van der Waals surface area contributed by atoms with Crippen LogP contribution in [0, 0.1) is 0 Å². The summed E-state index contributed by atoms with van der Waals surface area (Å²) in [6, 6.07) is 6.40. The summed E-state index contributed by atoms with van der Waals surface area (Å²) in [6.07, 6.45) is 2.17. The van der Waals surface area contributed by atoms with Crippen molar-refractivity contribution < 1.29 is 18.3 Å². The summed E-state index contributed by atoms with van der Waals surface area (Å²) >= 11 is 0. The highest BCUT2D eigenvalue weighted by atomic mass is 32.2. The van der Waals surface area contributed by atoms with Crippen molar-refractivity contribution in [2.45, 2.75) is 23.7 Å². The zero-order valence-corrected chi connectivity index (χ0v) is 14.5. The predicted octanol–water partition coefficient (Wildman–Crippen LogP) is 0.330. The molecule has 0 saturated carbocycles. The minimum Gasteiger partial charge on any atom is -0.478 e. The molecule has 138 valence electrons. The van der Waals surface area contributed by atoms with Gasteiger partial charge in [0.2, 0.25) is 10.0 Å². The van der Waals surface area contributed by atoms with Gasteiger partial charge in [0, 0.05) is 19.3 Å². The standard InChI is InChI=1S/C16H17N3O6S/c20-14-13(8-17-16(23)18-14)26(24,25)19-6-2-5-12(9-19)10-3-1-4-11(7-10)15(21)22/h1,3-4,7-8,12H,2,5-6,9H2,(H,21,22)(H2,17,18,20,23). The molecule has 1 unspecified atom stereocenters. The number of carbonyl (C=O) groups is 1. The van der Waals surface area contributed by atoms with E-state index in [1.807, 2.05) is 4.98 Å². The molecule has 1 saturated heterocycles. The maximum atomic E-state index is 12.8. The van der Waals surface area contributed by atoms with Crippen molar-refractivity contribution in [3.63, 3.8) is 0 Å². The summed E-state index contributed by atoms with van der Waals surface area (Å²) in [5.41, 5.74) is -0.876. The molecule has 2 aromatic rings. The Morgan fingerprint density at radius 1 is 1.27 bits per heavy atom. The maximum Gasteiger partial charge on any atom is 0.335 e. The second-order valence-corrected chi connectivity index (χ2v) is 7.98. The van der Waals surface area contributed by atoms with Crippen LogP contribution in [0.4, 0.5) is 0 Å². The molecule has 1 aromatic carbocycles. The van der Waals surface area contributed by atoms with Gasteiger partial charge in [-0.05, 0) is 36.5 Å². The lowest BCUT2D eigenvalue weighted by atomic mass is 9.91. The molecular weight excluding hydrogens is 362 g/mol. The molecule has 0 spiro atoms. The van der Waals surface area contributed by atoms with E-state index in [2.05, 4.69) is 4.98 Å². The number of benzene rings is 1. The van der Waals surface area contributed by atoms with E-state index < -0.39 is 32.1 Å². The molecule has 1 atom stereocenters. The average molecular weight is 379 g/mol. The first-order chi connectivity index (χ1) is 12.3. The first-order valence-corrected chi connectivity index (χ1v) is 9.38. The highest BCUT2D eigenvalue weighted by Gasteiger charge is 2.33. The Morgan fingerprint density at radius 3 is 2.73 bits per heavy atom. The van der Waals surface area contributed by atoms with Crippen molar-refractivity contribution in [3.8, 4) is 0 Å². The molecule has 2 heterocycles. The fourth-order valence-corrected chi connectivity index (χ4v) is 4.60. The first-order valence-electron chi connectivity index (χ1n) is 7.94. The third-order valence-electron chi connectivity index (χ3n) is 4.39. The molecule has 1 fully saturated rings. The lowest BCUT2D eigenvalue weighted by molar-refractivity contribution is 0.0696. The molecule has 1 aromatic heterocycles. The van der Waals surface area contributed by atoms with Crippen molar-refractivity contribution in [3.05, 3.63) is 62.4 Å². The van der Waals surface area contributed by atoms with Gasteiger partial charge >= 0.3 is 11.7 Å². The van der Waals surface area contributed by atoms with E-state index in [4.69, 9.17) is 5.11 Å². The van der Waals surface area contributed by atoms with E-state index in [0.717, 1.165) is 11.8 Å². The molecule has 0 radical (unpaired) electrons. The molecule has 0 amide bonds. The highest BCUT2D eigenvalue weighted by molar-refractivity contribution is 7.89. The third-order valence-corrected chi connectivity index (χ3v) is 6.26. The molecule has 10 heteroatoms. The molecule has 3 rings (SSSR count). The van der Waals surface area contributed by atoms with Gasteiger partial charge in [0.05, 0.1) is 5.56 Å². The number of nitrogens with zero attached hydrogens (tertiary/aromatic N) is 1. The van der Waals surface area contributed by atoms with Gasteiger partial charge in [-0.15, -0.1) is 0 Å². The summed E-state index contributed by atoms with van der Waals surface area (Å²) in [5, 5.41) is 9.12. The number of aromatic carboxylic acids is 1. The fourth-order valence-electron chi connectivity index (χ4n) is 3.09. The van der Waals surface area contributed by atoms with Gasteiger partial charge in [0.25, 0.3) is 5.56 Å². The summed E-state index contributed by atoms with van der Waals surface area (Å²) in [5.74, 6) is -1.23.